The summed E-state index contributed by atoms with van der Waals surface area (Å²) in [6.45, 7) is 2.99. The Kier molecular flexibility index (Phi) is 5.25. The number of aromatic amines is 1. The van der Waals surface area contributed by atoms with E-state index in [-0.39, 0.29) is 11.6 Å². The Morgan fingerprint density at radius 1 is 1.38 bits per heavy atom. The third-order valence-corrected chi connectivity index (χ3v) is 2.92. The van der Waals surface area contributed by atoms with Crippen LogP contribution in [0, 0.1) is 5.82 Å². The molecule has 0 aliphatic rings. The molecule has 0 bridgehead atoms. The highest BCUT2D eigenvalue weighted by atomic mass is 19.1. The van der Waals surface area contributed by atoms with Crippen LogP contribution in [0.5, 0.6) is 0 Å². The number of carbonyl (C=O) groups is 1. The maximum absolute atomic E-state index is 13.8. The fourth-order valence-corrected chi connectivity index (χ4v) is 1.88. The van der Waals surface area contributed by atoms with Crippen LogP contribution in [0.15, 0.2) is 24.5 Å². The normalized spacial score (nSPS) is 10.4. The van der Waals surface area contributed by atoms with Gasteiger partial charge in [-0.1, -0.05) is 13.0 Å². The summed E-state index contributed by atoms with van der Waals surface area (Å²) in [6.07, 6.45) is 2.80. The van der Waals surface area contributed by atoms with Crippen LogP contribution in [0.1, 0.15) is 29.5 Å². The van der Waals surface area contributed by atoms with Gasteiger partial charge in [0.1, 0.15) is 18.0 Å². The van der Waals surface area contributed by atoms with Gasteiger partial charge in [0.25, 0.3) is 5.91 Å². The van der Waals surface area contributed by atoms with Crippen molar-refractivity contribution >= 4 is 11.6 Å². The molecule has 21 heavy (non-hydrogen) atoms. The molecule has 112 valence electrons. The molecule has 0 atom stereocenters. The Morgan fingerprint density at radius 2 is 2.24 bits per heavy atom. The van der Waals surface area contributed by atoms with Crippen molar-refractivity contribution < 1.29 is 9.18 Å². The van der Waals surface area contributed by atoms with Gasteiger partial charge in [-0.25, -0.2) is 9.37 Å². The average molecular weight is 291 g/mol. The van der Waals surface area contributed by atoms with Crippen molar-refractivity contribution in [1.29, 1.82) is 0 Å². The second-order valence-corrected chi connectivity index (χ2v) is 4.53. The Bertz CT molecular complexity index is 585. The smallest absolute Gasteiger partial charge is 0.253 e. The van der Waals surface area contributed by atoms with Crippen LogP contribution in [0.25, 0.3) is 0 Å². The van der Waals surface area contributed by atoms with Gasteiger partial charge in [0.05, 0.1) is 11.3 Å². The monoisotopic (exact) mass is 291 g/mol. The summed E-state index contributed by atoms with van der Waals surface area (Å²) in [5, 5.41) is 12.1. The van der Waals surface area contributed by atoms with Crippen molar-refractivity contribution in [3.63, 3.8) is 0 Å². The molecule has 0 saturated carbocycles. The van der Waals surface area contributed by atoms with E-state index in [1.165, 1.54) is 18.5 Å². The first kappa shape index (κ1) is 15.0. The first-order valence-corrected chi connectivity index (χ1v) is 6.87. The molecule has 1 aromatic carbocycles. The van der Waals surface area contributed by atoms with Crippen LogP contribution in [-0.2, 0) is 6.42 Å². The van der Waals surface area contributed by atoms with E-state index >= 15 is 0 Å². The number of nitrogens with one attached hydrogen (secondary N) is 3. The van der Waals surface area contributed by atoms with E-state index in [4.69, 9.17) is 0 Å². The van der Waals surface area contributed by atoms with Crippen molar-refractivity contribution in [2.75, 3.05) is 18.4 Å². The number of hydrogen-bond acceptors (Lipinski definition) is 4. The summed E-state index contributed by atoms with van der Waals surface area (Å²) in [5.41, 5.74) is 0.553. The van der Waals surface area contributed by atoms with Crippen molar-refractivity contribution in [3.05, 3.63) is 41.7 Å². The average Bonchev–Trinajstić information content (AvgIpc) is 2.99. The number of nitrogens with zero attached hydrogens (tertiary/aromatic N) is 2. The summed E-state index contributed by atoms with van der Waals surface area (Å²) in [7, 11) is 0. The number of rotatable bonds is 7. The van der Waals surface area contributed by atoms with Gasteiger partial charge in [-0.05, 0) is 18.6 Å². The molecule has 0 unspecified atom stereocenters. The lowest BCUT2D eigenvalue weighted by Gasteiger charge is -2.12. The van der Waals surface area contributed by atoms with Crippen LogP contribution in [0.3, 0.4) is 0 Å². The molecule has 0 aliphatic carbocycles. The number of benzene rings is 1. The van der Waals surface area contributed by atoms with Gasteiger partial charge in [-0.3, -0.25) is 9.89 Å². The molecule has 1 aromatic heterocycles. The van der Waals surface area contributed by atoms with Crippen molar-refractivity contribution in [2.45, 2.75) is 19.8 Å². The number of carbonyl (C=O) groups excluding carboxylic acids is 1. The lowest BCUT2D eigenvalue weighted by atomic mass is 10.1. The Hall–Kier alpha value is -2.44. The zero-order chi connectivity index (χ0) is 15.1. The predicted octanol–water partition coefficient (Wildman–Crippen LogP) is 1.74. The molecule has 3 N–H and O–H groups in total. The van der Waals surface area contributed by atoms with Crippen molar-refractivity contribution in [1.82, 2.24) is 20.5 Å². The van der Waals surface area contributed by atoms with Gasteiger partial charge in [0, 0.05) is 19.5 Å². The summed E-state index contributed by atoms with van der Waals surface area (Å²) in [6, 6.07) is 4.46. The first-order valence-electron chi connectivity index (χ1n) is 6.87. The fraction of sp³-hybridized carbons (Fsp3) is 0.357. The summed E-state index contributed by atoms with van der Waals surface area (Å²) in [4.78, 5) is 16.1. The lowest BCUT2D eigenvalue weighted by Crippen LogP contribution is -2.27. The zero-order valence-corrected chi connectivity index (χ0v) is 11.8. The molecule has 0 spiro atoms. The zero-order valence-electron chi connectivity index (χ0n) is 11.8. The highest BCUT2D eigenvalue weighted by molar-refractivity contribution is 5.99. The van der Waals surface area contributed by atoms with Crippen LogP contribution in [0.2, 0.25) is 0 Å². The predicted molar refractivity (Wildman–Crippen MR) is 77.6 cm³/mol. The third kappa shape index (κ3) is 4.01. The van der Waals surface area contributed by atoms with Crippen LogP contribution in [-0.4, -0.2) is 34.2 Å². The minimum atomic E-state index is -0.425. The summed E-state index contributed by atoms with van der Waals surface area (Å²) >= 11 is 0. The topological polar surface area (TPSA) is 82.7 Å². The molecule has 2 aromatic rings. The number of aromatic nitrogens is 3. The maximum Gasteiger partial charge on any atom is 0.253 e. The number of hydrogen-bond donors (Lipinski definition) is 3. The van der Waals surface area contributed by atoms with Gasteiger partial charge < -0.3 is 10.6 Å². The number of halogens is 1. The first-order chi connectivity index (χ1) is 10.2. The SMILES string of the molecule is CCCNc1c(F)cccc1C(=O)NCCc1ncn[nH]1. The Balaban J connectivity index is 1.99. The molecule has 2 rings (SSSR count). The van der Waals surface area contributed by atoms with Crippen LogP contribution >= 0.6 is 0 Å². The molecule has 1 heterocycles. The molecule has 0 radical (unpaired) electrons. The number of amides is 1. The summed E-state index contributed by atoms with van der Waals surface area (Å²) < 4.78 is 13.8. The fourth-order valence-electron chi connectivity index (χ4n) is 1.88. The summed E-state index contributed by atoms with van der Waals surface area (Å²) in [5.74, 6) is -0.0437. The molecule has 6 nitrogen and oxygen atoms in total. The molecule has 0 saturated heterocycles. The Labute approximate surface area is 122 Å². The van der Waals surface area contributed by atoms with Crippen LogP contribution in [0.4, 0.5) is 10.1 Å². The van der Waals surface area contributed by atoms with E-state index in [0.29, 0.717) is 30.9 Å². The van der Waals surface area contributed by atoms with Gasteiger partial charge in [-0.15, -0.1) is 0 Å². The number of anilines is 1. The number of para-hydroxylation sites is 1. The molecular formula is C14H18FN5O. The maximum atomic E-state index is 13.8. The van der Waals surface area contributed by atoms with Gasteiger partial charge in [0.15, 0.2) is 0 Å². The molecule has 7 heteroatoms. The van der Waals surface area contributed by atoms with E-state index < -0.39 is 5.82 Å². The highest BCUT2D eigenvalue weighted by Gasteiger charge is 2.14. The quantitative estimate of drug-likeness (QED) is 0.725. The van der Waals surface area contributed by atoms with Gasteiger partial charge in [0.2, 0.25) is 0 Å². The van der Waals surface area contributed by atoms with E-state index in [1.807, 2.05) is 6.92 Å². The van der Waals surface area contributed by atoms with Crippen molar-refractivity contribution in [3.8, 4) is 0 Å². The van der Waals surface area contributed by atoms with Crippen LogP contribution < -0.4 is 10.6 Å². The van der Waals surface area contributed by atoms with E-state index in [9.17, 15) is 9.18 Å². The second kappa shape index (κ2) is 7.37. The second-order valence-electron chi connectivity index (χ2n) is 4.53. The van der Waals surface area contributed by atoms with E-state index in [1.54, 1.807) is 6.07 Å². The number of H-pyrrole nitrogens is 1. The molecule has 1 amide bonds. The molecule has 0 aliphatic heterocycles. The molecule has 0 fully saturated rings. The van der Waals surface area contributed by atoms with Crippen molar-refractivity contribution in [2.24, 2.45) is 0 Å². The van der Waals surface area contributed by atoms with Gasteiger partial charge in [-0.2, -0.15) is 5.10 Å². The third-order valence-electron chi connectivity index (χ3n) is 2.92. The minimum absolute atomic E-state index is 0.247. The largest absolute Gasteiger partial charge is 0.382 e. The van der Waals surface area contributed by atoms with E-state index in [2.05, 4.69) is 25.8 Å². The lowest BCUT2D eigenvalue weighted by molar-refractivity contribution is 0.0954. The molecular weight excluding hydrogens is 273 g/mol. The standard InChI is InChI=1S/C14H18FN5O/c1-2-7-16-13-10(4-3-5-11(13)15)14(21)17-8-6-12-18-9-19-20-12/h3-5,9,16H,2,6-8H2,1H3,(H,17,21)(H,18,19,20). The van der Waals surface area contributed by atoms with Gasteiger partial charge >= 0.3 is 0 Å². The highest BCUT2D eigenvalue weighted by Crippen LogP contribution is 2.19. The minimum Gasteiger partial charge on any atom is -0.382 e. The Morgan fingerprint density at radius 3 is 2.95 bits per heavy atom. The van der Waals surface area contributed by atoms with E-state index in [0.717, 1.165) is 6.42 Å².